The highest BCUT2D eigenvalue weighted by atomic mass is 19.1. The second-order valence-electron chi connectivity index (χ2n) is 10.5. The second kappa shape index (κ2) is 11.1. The van der Waals surface area contributed by atoms with Gasteiger partial charge in [0.2, 0.25) is 23.4 Å². The normalized spacial score (nSPS) is 16.9. The molecule has 0 radical (unpaired) electrons. The smallest absolute Gasteiger partial charge is 0.255 e. The first-order chi connectivity index (χ1) is 20.8. The van der Waals surface area contributed by atoms with Gasteiger partial charge in [-0.2, -0.15) is 13.8 Å². The highest BCUT2D eigenvalue weighted by Gasteiger charge is 2.57. The van der Waals surface area contributed by atoms with Crippen LogP contribution in [0.3, 0.4) is 0 Å². The molecular weight excluding hydrogens is 562 g/mol. The molecule has 11 nitrogen and oxygen atoms in total. The van der Waals surface area contributed by atoms with E-state index >= 15 is 8.78 Å². The number of nitrogens with one attached hydrogen (secondary N) is 2. The molecular formula is C30H30F2N6O5. The van der Waals surface area contributed by atoms with Gasteiger partial charge in [0.25, 0.3) is 11.8 Å². The summed E-state index contributed by atoms with van der Waals surface area (Å²) in [6.07, 6.45) is 3.80. The molecule has 1 aliphatic carbocycles. The van der Waals surface area contributed by atoms with Gasteiger partial charge >= 0.3 is 0 Å². The van der Waals surface area contributed by atoms with Crippen molar-refractivity contribution in [2.45, 2.75) is 24.8 Å². The van der Waals surface area contributed by atoms with Gasteiger partial charge in [-0.25, -0.2) is 4.98 Å². The summed E-state index contributed by atoms with van der Waals surface area (Å²) in [4.78, 5) is 37.5. The zero-order valence-corrected chi connectivity index (χ0v) is 23.7. The minimum absolute atomic E-state index is 0.111. The molecule has 13 heteroatoms. The van der Waals surface area contributed by atoms with E-state index in [2.05, 4.69) is 32.1 Å². The molecule has 2 aromatic heterocycles. The highest BCUT2D eigenvalue weighted by Crippen LogP contribution is 2.55. The Morgan fingerprint density at radius 3 is 2.42 bits per heavy atom. The Bertz CT molecular complexity index is 1590. The topological polar surface area (TPSA) is 118 Å². The quantitative estimate of drug-likeness (QED) is 0.374. The standard InChI is InChI=1S/C30H30F2N6O5/c1-4-23(39)35-20-6-5-18(37-9-11-43-12-10-37)13-21(20)34-22-14-19-17(15-33-22)16-38(29(40)30(19)7-8-30)26-24(31)27(41-2)36-28(42-3)25(26)32/h4-6,13-15H,1,7-12,16H2,2-3H3,(H,33,34)(H,35,39). The van der Waals surface area contributed by atoms with E-state index in [9.17, 15) is 9.59 Å². The van der Waals surface area contributed by atoms with Gasteiger partial charge in [0, 0.05) is 25.0 Å². The van der Waals surface area contributed by atoms with E-state index in [1.54, 1.807) is 18.3 Å². The van der Waals surface area contributed by atoms with Gasteiger partial charge in [0.1, 0.15) is 11.5 Å². The SMILES string of the molecule is C=CC(=O)Nc1ccc(N2CCOCC2)cc1Nc1cc2c(cn1)CN(c1c(F)c(OC)nc(OC)c1F)C(=O)C21CC1. The largest absolute Gasteiger partial charge is 0.479 e. The molecule has 1 saturated heterocycles. The number of fused-ring (bicyclic) bond motifs is 2. The van der Waals surface area contributed by atoms with Crippen molar-refractivity contribution in [2.24, 2.45) is 0 Å². The van der Waals surface area contributed by atoms with Crippen LogP contribution in [-0.2, 0) is 26.3 Å². The predicted molar refractivity (Wildman–Crippen MR) is 155 cm³/mol. The molecule has 6 rings (SSSR count). The van der Waals surface area contributed by atoms with Crippen molar-refractivity contribution in [1.29, 1.82) is 0 Å². The maximum absolute atomic E-state index is 15.3. The number of benzene rings is 1. The first kappa shape index (κ1) is 28.3. The number of carbonyl (C=O) groups is 2. The predicted octanol–water partition coefficient (Wildman–Crippen LogP) is 4.06. The van der Waals surface area contributed by atoms with Crippen LogP contribution in [-0.4, -0.2) is 62.3 Å². The summed E-state index contributed by atoms with van der Waals surface area (Å²) in [6.45, 7) is 6.11. The molecule has 3 aromatic rings. The van der Waals surface area contributed by atoms with Crippen molar-refractivity contribution >= 4 is 40.4 Å². The summed E-state index contributed by atoms with van der Waals surface area (Å²) in [7, 11) is 2.40. The van der Waals surface area contributed by atoms with Crippen LogP contribution < -0.4 is 29.9 Å². The van der Waals surface area contributed by atoms with Crippen molar-refractivity contribution in [1.82, 2.24) is 9.97 Å². The third kappa shape index (κ3) is 4.99. The van der Waals surface area contributed by atoms with E-state index in [4.69, 9.17) is 14.2 Å². The van der Waals surface area contributed by atoms with Crippen molar-refractivity contribution in [3.8, 4) is 11.8 Å². The van der Waals surface area contributed by atoms with Crippen molar-refractivity contribution in [3.63, 3.8) is 0 Å². The van der Waals surface area contributed by atoms with Crippen LogP contribution in [0, 0.1) is 11.6 Å². The number of rotatable bonds is 8. The third-order valence-corrected chi connectivity index (χ3v) is 7.97. The van der Waals surface area contributed by atoms with Crippen LogP contribution in [0.25, 0.3) is 0 Å². The number of carbonyl (C=O) groups excluding carboxylic acids is 2. The number of amides is 2. The van der Waals surface area contributed by atoms with Gasteiger partial charge in [-0.05, 0) is 54.3 Å². The summed E-state index contributed by atoms with van der Waals surface area (Å²) < 4.78 is 46.1. The summed E-state index contributed by atoms with van der Waals surface area (Å²) in [6, 6.07) is 7.43. The van der Waals surface area contributed by atoms with E-state index in [0.717, 1.165) is 29.2 Å². The maximum Gasteiger partial charge on any atom is 0.255 e. The van der Waals surface area contributed by atoms with E-state index in [0.29, 0.717) is 48.8 Å². The number of aromatic nitrogens is 2. The number of ether oxygens (including phenoxy) is 3. The molecule has 1 aromatic carbocycles. The van der Waals surface area contributed by atoms with Gasteiger partial charge in [-0.3, -0.25) is 9.59 Å². The fourth-order valence-electron chi connectivity index (χ4n) is 5.61. The zero-order chi connectivity index (χ0) is 30.3. The fourth-order valence-corrected chi connectivity index (χ4v) is 5.61. The first-order valence-corrected chi connectivity index (χ1v) is 13.7. The molecule has 0 unspecified atom stereocenters. The number of hydrogen-bond acceptors (Lipinski definition) is 9. The minimum atomic E-state index is -1.09. The first-order valence-electron chi connectivity index (χ1n) is 13.7. The Balaban J connectivity index is 1.36. The Kier molecular flexibility index (Phi) is 7.34. The fraction of sp³-hybridized carbons (Fsp3) is 0.333. The molecule has 0 bridgehead atoms. The van der Waals surface area contributed by atoms with E-state index in [1.165, 1.54) is 20.3 Å². The molecule has 1 saturated carbocycles. The summed E-state index contributed by atoms with van der Waals surface area (Å²) >= 11 is 0. The van der Waals surface area contributed by atoms with Gasteiger partial charge in [0.05, 0.1) is 50.8 Å². The van der Waals surface area contributed by atoms with Crippen molar-refractivity contribution < 1.29 is 32.6 Å². The Morgan fingerprint density at radius 1 is 1.09 bits per heavy atom. The van der Waals surface area contributed by atoms with Crippen LogP contribution in [0.1, 0.15) is 24.0 Å². The molecule has 0 atom stereocenters. The number of hydrogen-bond donors (Lipinski definition) is 2. The second-order valence-corrected chi connectivity index (χ2v) is 10.5. The van der Waals surface area contributed by atoms with Crippen molar-refractivity contribution in [2.75, 3.05) is 61.0 Å². The molecule has 2 aliphatic heterocycles. The van der Waals surface area contributed by atoms with Crippen LogP contribution in [0.15, 0.2) is 43.1 Å². The van der Waals surface area contributed by atoms with Crippen LogP contribution in [0.2, 0.25) is 0 Å². The number of methoxy groups -OCH3 is 2. The van der Waals surface area contributed by atoms with E-state index < -0.39 is 40.4 Å². The number of anilines is 5. The molecule has 3 aliphatic rings. The average Bonchev–Trinajstić information content (AvgIpc) is 3.83. The van der Waals surface area contributed by atoms with Gasteiger partial charge < -0.3 is 34.6 Å². The highest BCUT2D eigenvalue weighted by molar-refractivity contribution is 6.06. The maximum atomic E-state index is 15.3. The lowest BCUT2D eigenvalue weighted by Gasteiger charge is -2.35. The molecule has 2 N–H and O–H groups in total. The number of morpholine rings is 1. The van der Waals surface area contributed by atoms with Gasteiger partial charge in [-0.1, -0.05) is 6.58 Å². The van der Waals surface area contributed by atoms with Crippen molar-refractivity contribution in [3.05, 3.63) is 65.9 Å². The van der Waals surface area contributed by atoms with Crippen LogP contribution >= 0.6 is 0 Å². The molecule has 43 heavy (non-hydrogen) atoms. The monoisotopic (exact) mass is 592 g/mol. The summed E-state index contributed by atoms with van der Waals surface area (Å²) in [5.41, 5.74) is 1.93. The Labute approximate surface area is 246 Å². The number of nitrogens with zero attached hydrogens (tertiary/aromatic N) is 4. The Hall–Kier alpha value is -4.78. The zero-order valence-electron chi connectivity index (χ0n) is 23.7. The van der Waals surface area contributed by atoms with E-state index in [1.807, 2.05) is 12.1 Å². The summed E-state index contributed by atoms with van der Waals surface area (Å²) in [5.74, 6) is -3.49. The third-order valence-electron chi connectivity index (χ3n) is 7.97. The lowest BCUT2D eigenvalue weighted by atomic mass is 9.86. The summed E-state index contributed by atoms with van der Waals surface area (Å²) in [5, 5.41) is 6.11. The molecule has 224 valence electrons. The lowest BCUT2D eigenvalue weighted by Crippen LogP contribution is -2.45. The van der Waals surface area contributed by atoms with E-state index in [-0.39, 0.29) is 12.5 Å². The number of halogens is 2. The van der Waals surface area contributed by atoms with Gasteiger partial charge in [-0.15, -0.1) is 0 Å². The molecule has 2 fully saturated rings. The van der Waals surface area contributed by atoms with Crippen LogP contribution in [0.5, 0.6) is 11.8 Å². The van der Waals surface area contributed by atoms with Gasteiger partial charge in [0.15, 0.2) is 0 Å². The Morgan fingerprint density at radius 2 is 1.79 bits per heavy atom. The molecule has 2 amide bonds. The molecule has 1 spiro atoms. The minimum Gasteiger partial charge on any atom is -0.479 e. The van der Waals surface area contributed by atoms with Crippen LogP contribution in [0.4, 0.5) is 37.3 Å². The number of pyridine rings is 2. The average molecular weight is 593 g/mol. The molecule has 4 heterocycles. The lowest BCUT2D eigenvalue weighted by molar-refractivity contribution is -0.121.